The van der Waals surface area contributed by atoms with Gasteiger partial charge in [0.2, 0.25) is 0 Å². The van der Waals surface area contributed by atoms with E-state index in [1.54, 1.807) is 13.8 Å². The van der Waals surface area contributed by atoms with E-state index in [0.717, 1.165) is 0 Å². The van der Waals surface area contributed by atoms with Gasteiger partial charge in [0.15, 0.2) is 0 Å². The molecule has 1 saturated carbocycles. The zero-order chi connectivity index (χ0) is 12.7. The van der Waals surface area contributed by atoms with Crippen molar-refractivity contribution >= 4 is 0 Å². The second-order valence-electron chi connectivity index (χ2n) is 5.09. The Morgan fingerprint density at radius 3 is 2.12 bits per heavy atom. The number of rotatable bonds is 1. The molecule has 5 atom stereocenters. The zero-order valence-corrected chi connectivity index (χ0v) is 9.63. The molecule has 0 aliphatic heterocycles. The molecule has 16 heavy (non-hydrogen) atoms. The van der Waals surface area contributed by atoms with Gasteiger partial charge in [-0.1, -0.05) is 20.8 Å². The van der Waals surface area contributed by atoms with Crippen LogP contribution in [0.1, 0.15) is 27.2 Å². The molecule has 0 amide bonds. The minimum atomic E-state index is -4.38. The number of hydrogen-bond donors (Lipinski definition) is 1. The highest BCUT2D eigenvalue weighted by molar-refractivity contribution is 4.94. The second-order valence-corrected chi connectivity index (χ2v) is 5.09. The molecule has 0 radical (unpaired) electrons. The average molecular weight is 242 g/mol. The van der Waals surface area contributed by atoms with Crippen molar-refractivity contribution in [2.24, 2.45) is 23.7 Å². The summed E-state index contributed by atoms with van der Waals surface area (Å²) in [6.45, 7) is 4.65. The van der Waals surface area contributed by atoms with Crippen molar-refractivity contribution in [3.8, 4) is 0 Å². The van der Waals surface area contributed by atoms with Gasteiger partial charge in [-0.3, -0.25) is 0 Å². The van der Waals surface area contributed by atoms with Gasteiger partial charge in [0.1, 0.15) is 6.17 Å². The molecule has 0 saturated heterocycles. The molecule has 1 fully saturated rings. The monoisotopic (exact) mass is 242 g/mol. The minimum Gasteiger partial charge on any atom is -0.390 e. The Balaban J connectivity index is 2.90. The van der Waals surface area contributed by atoms with Crippen LogP contribution >= 0.6 is 0 Å². The summed E-state index contributed by atoms with van der Waals surface area (Å²) in [6.07, 6.45) is -7.61. The average Bonchev–Trinajstić information content (AvgIpc) is 2.11. The summed E-state index contributed by atoms with van der Waals surface area (Å²) in [7, 11) is 0. The van der Waals surface area contributed by atoms with Gasteiger partial charge in [0.05, 0.1) is 12.0 Å². The number of aliphatic hydroxyl groups is 1. The molecular formula is C11H18F4O. The maximum Gasteiger partial charge on any atom is 0.392 e. The van der Waals surface area contributed by atoms with E-state index in [1.165, 1.54) is 6.92 Å². The van der Waals surface area contributed by atoms with Crippen LogP contribution in [0.15, 0.2) is 0 Å². The largest absolute Gasteiger partial charge is 0.392 e. The van der Waals surface area contributed by atoms with Crippen LogP contribution in [0.2, 0.25) is 0 Å². The van der Waals surface area contributed by atoms with Crippen LogP contribution < -0.4 is 0 Å². The molecule has 1 nitrogen and oxygen atoms in total. The molecule has 0 aromatic heterocycles. The fourth-order valence-corrected chi connectivity index (χ4v) is 2.51. The lowest BCUT2D eigenvalue weighted by molar-refractivity contribution is -0.221. The van der Waals surface area contributed by atoms with Crippen molar-refractivity contribution in [2.75, 3.05) is 0 Å². The Morgan fingerprint density at radius 2 is 1.75 bits per heavy atom. The first kappa shape index (κ1) is 13.7. The fourth-order valence-electron chi connectivity index (χ4n) is 2.51. The molecule has 1 aliphatic rings. The third-order valence-electron chi connectivity index (χ3n) is 3.70. The van der Waals surface area contributed by atoms with E-state index in [4.69, 9.17) is 0 Å². The molecule has 0 bridgehead atoms. The molecule has 96 valence electrons. The minimum absolute atomic E-state index is 0.148. The first-order chi connectivity index (χ1) is 7.16. The number of aliphatic hydroxyl groups excluding tert-OH is 1. The Kier molecular flexibility index (Phi) is 3.87. The molecule has 1 rings (SSSR count). The van der Waals surface area contributed by atoms with E-state index in [0.29, 0.717) is 0 Å². The van der Waals surface area contributed by atoms with Crippen LogP contribution in [0.3, 0.4) is 0 Å². The summed E-state index contributed by atoms with van der Waals surface area (Å²) < 4.78 is 51.7. The SMILES string of the molecule is CC(C)C1CC(C(F)(F)F)C(C)C(F)C1O. The van der Waals surface area contributed by atoms with Gasteiger partial charge in [-0.15, -0.1) is 0 Å². The van der Waals surface area contributed by atoms with Crippen molar-refractivity contribution in [3.05, 3.63) is 0 Å². The summed E-state index contributed by atoms with van der Waals surface area (Å²) in [4.78, 5) is 0. The number of halogens is 4. The quantitative estimate of drug-likeness (QED) is 0.700. The first-order valence-electron chi connectivity index (χ1n) is 5.55. The summed E-state index contributed by atoms with van der Waals surface area (Å²) in [5, 5.41) is 9.62. The van der Waals surface area contributed by atoms with Crippen LogP contribution in [0.25, 0.3) is 0 Å². The number of alkyl halides is 4. The topological polar surface area (TPSA) is 20.2 Å². The maximum absolute atomic E-state index is 13.6. The standard InChI is InChI=1S/C11H18F4O/c1-5(2)7-4-8(11(13,14)15)6(3)9(12)10(7)16/h5-10,16H,4H2,1-3H3. The Morgan fingerprint density at radius 1 is 1.25 bits per heavy atom. The lowest BCUT2D eigenvalue weighted by atomic mass is 9.68. The summed E-state index contributed by atoms with van der Waals surface area (Å²) in [6, 6.07) is 0. The summed E-state index contributed by atoms with van der Waals surface area (Å²) >= 11 is 0. The molecule has 1 N–H and O–H groups in total. The predicted molar refractivity (Wildman–Crippen MR) is 52.6 cm³/mol. The summed E-state index contributed by atoms with van der Waals surface area (Å²) in [5.74, 6) is -3.56. The molecule has 5 unspecified atom stereocenters. The Hall–Kier alpha value is -0.320. The van der Waals surface area contributed by atoms with Gasteiger partial charge in [-0.05, 0) is 18.3 Å². The van der Waals surface area contributed by atoms with Gasteiger partial charge in [0, 0.05) is 5.92 Å². The molecule has 1 aliphatic carbocycles. The van der Waals surface area contributed by atoms with Crippen molar-refractivity contribution in [1.82, 2.24) is 0 Å². The third kappa shape index (κ3) is 2.50. The van der Waals surface area contributed by atoms with Crippen LogP contribution in [-0.2, 0) is 0 Å². The molecule has 0 aromatic rings. The summed E-state index contributed by atoms with van der Waals surface area (Å²) in [5.41, 5.74) is 0. The van der Waals surface area contributed by atoms with Crippen molar-refractivity contribution in [2.45, 2.75) is 45.6 Å². The van der Waals surface area contributed by atoms with Gasteiger partial charge in [-0.2, -0.15) is 13.2 Å². The first-order valence-corrected chi connectivity index (χ1v) is 5.55. The zero-order valence-electron chi connectivity index (χ0n) is 9.63. The lowest BCUT2D eigenvalue weighted by Crippen LogP contribution is -2.50. The van der Waals surface area contributed by atoms with E-state index < -0.39 is 36.2 Å². The highest BCUT2D eigenvalue weighted by Crippen LogP contribution is 2.46. The Labute approximate surface area is 92.8 Å². The van der Waals surface area contributed by atoms with Crippen LogP contribution in [0, 0.1) is 23.7 Å². The normalized spacial score (nSPS) is 41.4. The molecule has 5 heteroatoms. The molecule has 0 spiro atoms. The third-order valence-corrected chi connectivity index (χ3v) is 3.70. The van der Waals surface area contributed by atoms with E-state index in [-0.39, 0.29) is 12.3 Å². The highest BCUT2D eigenvalue weighted by Gasteiger charge is 2.53. The van der Waals surface area contributed by atoms with Crippen molar-refractivity contribution in [3.63, 3.8) is 0 Å². The maximum atomic E-state index is 13.6. The number of hydrogen-bond acceptors (Lipinski definition) is 1. The van der Waals surface area contributed by atoms with Crippen LogP contribution in [-0.4, -0.2) is 23.6 Å². The van der Waals surface area contributed by atoms with Gasteiger partial charge in [0.25, 0.3) is 0 Å². The van der Waals surface area contributed by atoms with Gasteiger partial charge in [-0.25, -0.2) is 4.39 Å². The molecular weight excluding hydrogens is 224 g/mol. The highest BCUT2D eigenvalue weighted by atomic mass is 19.4. The van der Waals surface area contributed by atoms with E-state index in [9.17, 15) is 22.7 Å². The molecule has 0 heterocycles. The van der Waals surface area contributed by atoms with Gasteiger partial charge >= 0.3 is 6.18 Å². The van der Waals surface area contributed by atoms with E-state index in [1.807, 2.05) is 0 Å². The van der Waals surface area contributed by atoms with Gasteiger partial charge < -0.3 is 5.11 Å². The predicted octanol–water partition coefficient (Wildman–Crippen LogP) is 3.18. The van der Waals surface area contributed by atoms with Crippen molar-refractivity contribution < 1.29 is 22.7 Å². The van der Waals surface area contributed by atoms with E-state index >= 15 is 0 Å². The Bertz CT molecular complexity index is 239. The van der Waals surface area contributed by atoms with E-state index in [2.05, 4.69) is 0 Å². The van der Waals surface area contributed by atoms with Crippen molar-refractivity contribution in [1.29, 1.82) is 0 Å². The fraction of sp³-hybridized carbons (Fsp3) is 1.00. The lowest BCUT2D eigenvalue weighted by Gasteiger charge is -2.42. The van der Waals surface area contributed by atoms with Crippen LogP contribution in [0.4, 0.5) is 17.6 Å². The molecule has 0 aromatic carbocycles. The smallest absolute Gasteiger partial charge is 0.390 e. The van der Waals surface area contributed by atoms with Crippen LogP contribution in [0.5, 0.6) is 0 Å². The second kappa shape index (κ2) is 4.51.